The largest absolute Gasteiger partial charge is 0.0733 e. The van der Waals surface area contributed by atoms with Crippen LogP contribution in [0.25, 0.3) is 0 Å². The molecule has 198 valence electrons. The number of hydrogen-bond donors (Lipinski definition) is 0. The molecule has 2 saturated heterocycles. The summed E-state index contributed by atoms with van der Waals surface area (Å²) in [4.78, 5) is 0. The Bertz CT molecular complexity index is 1300. The maximum atomic E-state index is 2.51. The molecule has 0 saturated carbocycles. The number of benzene rings is 5. The van der Waals surface area contributed by atoms with Gasteiger partial charge in [0, 0.05) is 0 Å². The average Bonchev–Trinajstić information content (AvgIpc) is 3.69. The Balaban J connectivity index is 1.23. The molecule has 0 bridgehead atoms. The van der Waals surface area contributed by atoms with Crippen LogP contribution in [-0.4, -0.2) is 24.6 Å². The second kappa shape index (κ2) is 11.8. The van der Waals surface area contributed by atoms with Crippen molar-refractivity contribution in [2.75, 3.05) is 24.6 Å². The van der Waals surface area contributed by atoms with E-state index in [9.17, 15) is 0 Å². The van der Waals surface area contributed by atoms with E-state index in [1.54, 1.807) is 10.6 Å². The summed E-state index contributed by atoms with van der Waals surface area (Å²) in [5, 5.41) is 3.40. The molecule has 5 aromatic carbocycles. The van der Waals surface area contributed by atoms with Gasteiger partial charge in [0.2, 0.25) is 0 Å². The fourth-order valence-corrected chi connectivity index (χ4v) is 14.2. The molecule has 0 spiro atoms. The van der Waals surface area contributed by atoms with Crippen molar-refractivity contribution in [2.45, 2.75) is 23.7 Å². The lowest BCUT2D eigenvalue weighted by atomic mass is 9.84. The first-order valence-electron chi connectivity index (χ1n) is 14.6. The van der Waals surface area contributed by atoms with Crippen LogP contribution < -0.4 is 10.6 Å². The molecule has 0 amide bonds. The summed E-state index contributed by atoms with van der Waals surface area (Å²) in [6.45, 7) is 0. The number of hydrogen-bond acceptors (Lipinski definition) is 0. The highest BCUT2D eigenvalue weighted by Gasteiger charge is 2.41. The SMILES string of the molecule is c1ccc([C@H]2CP(c3ccccc3P3C[C@H](c4ccccc4)[C@@H](c4ccccc4)C3)C[C@@H]2c2ccccc2)cc1. The lowest BCUT2D eigenvalue weighted by molar-refractivity contribution is 0.666. The monoisotopic (exact) mass is 554 g/mol. The standard InChI is InChI=1S/C38H36P2/c1-5-15-29(16-6-1)33-25-39(26-34(33)30-17-7-2-8-18-30)37-23-13-14-24-38(37)40-27-35(31-19-9-3-10-20-31)36(28-40)32-21-11-4-12-22-32/h1-24,33-36H,25-28H2/t33-,34-,35-,36-/m1/s1. The molecular formula is C38H36P2. The third kappa shape index (κ3) is 5.21. The Kier molecular flexibility index (Phi) is 7.66. The lowest BCUT2D eigenvalue weighted by Crippen LogP contribution is -2.23. The fraction of sp³-hybridized carbons (Fsp3) is 0.211. The fourth-order valence-electron chi connectivity index (χ4n) is 7.15. The van der Waals surface area contributed by atoms with Crippen molar-refractivity contribution in [3.63, 3.8) is 0 Å². The van der Waals surface area contributed by atoms with Crippen molar-refractivity contribution < 1.29 is 0 Å². The topological polar surface area (TPSA) is 0 Å². The minimum atomic E-state index is -0.224. The molecule has 2 aliphatic rings. The molecule has 2 heteroatoms. The van der Waals surface area contributed by atoms with Crippen LogP contribution in [0.3, 0.4) is 0 Å². The summed E-state index contributed by atoms with van der Waals surface area (Å²) < 4.78 is 0. The van der Waals surface area contributed by atoms with Gasteiger partial charge in [0.1, 0.15) is 0 Å². The summed E-state index contributed by atoms with van der Waals surface area (Å²) >= 11 is 0. The first kappa shape index (κ1) is 25.9. The molecule has 0 aromatic heterocycles. The molecule has 2 heterocycles. The van der Waals surface area contributed by atoms with Gasteiger partial charge in [-0.15, -0.1) is 0 Å². The van der Waals surface area contributed by atoms with Gasteiger partial charge < -0.3 is 0 Å². The Hall–Kier alpha value is -3.04. The zero-order valence-corrected chi connectivity index (χ0v) is 24.7. The molecule has 0 unspecified atom stereocenters. The average molecular weight is 555 g/mol. The van der Waals surface area contributed by atoms with Gasteiger partial charge in [-0.2, -0.15) is 0 Å². The van der Waals surface area contributed by atoms with Crippen LogP contribution in [0.5, 0.6) is 0 Å². The van der Waals surface area contributed by atoms with Gasteiger partial charge in [-0.05, 0) is 81.2 Å². The van der Waals surface area contributed by atoms with Gasteiger partial charge in [-0.3, -0.25) is 0 Å². The zero-order chi connectivity index (χ0) is 26.7. The van der Waals surface area contributed by atoms with Gasteiger partial charge in [0.05, 0.1) is 0 Å². The van der Waals surface area contributed by atoms with E-state index in [4.69, 9.17) is 0 Å². The van der Waals surface area contributed by atoms with Crippen LogP contribution >= 0.6 is 15.8 Å². The summed E-state index contributed by atoms with van der Waals surface area (Å²) in [7, 11) is -0.448. The third-order valence-electron chi connectivity index (χ3n) is 9.11. The molecule has 0 aliphatic carbocycles. The van der Waals surface area contributed by atoms with Crippen LogP contribution in [0.1, 0.15) is 45.9 Å². The lowest BCUT2D eigenvalue weighted by Gasteiger charge is -2.21. The maximum Gasteiger partial charge on any atom is -0.00473 e. The molecular weight excluding hydrogens is 518 g/mol. The normalized spacial score (nSPS) is 23.4. The van der Waals surface area contributed by atoms with Gasteiger partial charge in [0.15, 0.2) is 0 Å². The van der Waals surface area contributed by atoms with Gasteiger partial charge in [-0.1, -0.05) is 161 Å². The third-order valence-corrected chi connectivity index (χ3v) is 14.8. The highest BCUT2D eigenvalue weighted by Crippen LogP contribution is 2.59. The van der Waals surface area contributed by atoms with Crippen molar-refractivity contribution in [1.82, 2.24) is 0 Å². The predicted octanol–water partition coefficient (Wildman–Crippen LogP) is 9.06. The van der Waals surface area contributed by atoms with Gasteiger partial charge in [-0.25, -0.2) is 0 Å². The van der Waals surface area contributed by atoms with E-state index >= 15 is 0 Å². The van der Waals surface area contributed by atoms with E-state index in [1.165, 1.54) is 46.9 Å². The van der Waals surface area contributed by atoms with Gasteiger partial charge in [0.25, 0.3) is 0 Å². The molecule has 2 aliphatic heterocycles. The van der Waals surface area contributed by atoms with E-state index in [2.05, 4.69) is 146 Å². The van der Waals surface area contributed by atoms with Crippen molar-refractivity contribution in [2.24, 2.45) is 0 Å². The molecule has 4 atom stereocenters. The first-order chi connectivity index (χ1) is 19.8. The highest BCUT2D eigenvalue weighted by atomic mass is 31.1. The van der Waals surface area contributed by atoms with Crippen molar-refractivity contribution in [1.29, 1.82) is 0 Å². The molecule has 0 nitrogen and oxygen atoms in total. The molecule has 2 fully saturated rings. The molecule has 0 N–H and O–H groups in total. The van der Waals surface area contributed by atoms with Crippen molar-refractivity contribution in [3.05, 3.63) is 168 Å². The second-order valence-corrected chi connectivity index (χ2v) is 16.0. The summed E-state index contributed by atoms with van der Waals surface area (Å²) in [5.41, 5.74) is 6.05. The van der Waals surface area contributed by atoms with E-state index in [0.717, 1.165) is 0 Å². The van der Waals surface area contributed by atoms with Crippen LogP contribution in [0.4, 0.5) is 0 Å². The second-order valence-electron chi connectivity index (χ2n) is 11.4. The molecule has 7 rings (SSSR count). The van der Waals surface area contributed by atoms with Crippen LogP contribution in [0.15, 0.2) is 146 Å². The smallest absolute Gasteiger partial charge is 0.00473 e. The van der Waals surface area contributed by atoms with Crippen LogP contribution in [-0.2, 0) is 0 Å². The van der Waals surface area contributed by atoms with E-state index in [0.29, 0.717) is 23.7 Å². The van der Waals surface area contributed by atoms with Crippen LogP contribution in [0, 0.1) is 0 Å². The maximum absolute atomic E-state index is 2.51. The summed E-state index contributed by atoms with van der Waals surface area (Å²) in [6.07, 6.45) is 5.18. The predicted molar refractivity (Wildman–Crippen MR) is 176 cm³/mol. The van der Waals surface area contributed by atoms with E-state index < -0.39 is 0 Å². The minimum Gasteiger partial charge on any atom is -0.0733 e. The Labute approximate surface area is 242 Å². The minimum absolute atomic E-state index is 0.224. The Morgan fingerprint density at radius 3 is 0.775 bits per heavy atom. The summed E-state index contributed by atoms with van der Waals surface area (Å²) in [6, 6.07) is 54.9. The Morgan fingerprint density at radius 2 is 0.525 bits per heavy atom. The molecule has 0 radical (unpaired) electrons. The Morgan fingerprint density at radius 1 is 0.300 bits per heavy atom. The number of rotatable bonds is 6. The van der Waals surface area contributed by atoms with Crippen LogP contribution in [0.2, 0.25) is 0 Å². The molecule has 40 heavy (non-hydrogen) atoms. The van der Waals surface area contributed by atoms with Crippen molar-refractivity contribution in [3.8, 4) is 0 Å². The van der Waals surface area contributed by atoms with E-state index in [-0.39, 0.29) is 15.8 Å². The zero-order valence-electron chi connectivity index (χ0n) is 22.9. The quantitative estimate of drug-likeness (QED) is 0.184. The summed E-state index contributed by atoms with van der Waals surface area (Å²) in [5.74, 6) is 2.36. The van der Waals surface area contributed by atoms with Crippen molar-refractivity contribution >= 4 is 26.5 Å². The first-order valence-corrected chi connectivity index (χ1v) is 18.1. The highest BCUT2D eigenvalue weighted by molar-refractivity contribution is 7.72. The van der Waals surface area contributed by atoms with E-state index in [1.807, 2.05) is 0 Å². The van der Waals surface area contributed by atoms with Gasteiger partial charge >= 0.3 is 0 Å². The molecule has 5 aromatic rings.